The second-order valence-corrected chi connectivity index (χ2v) is 5.01. The van der Waals surface area contributed by atoms with Crippen LogP contribution in [-0.4, -0.2) is 41.9 Å². The quantitative estimate of drug-likeness (QED) is 0.793. The monoisotopic (exact) mass is 333 g/mol. The lowest BCUT2D eigenvalue weighted by molar-refractivity contribution is -0.138. The number of nitrogens with zero attached hydrogens (tertiary/aromatic N) is 1. The van der Waals surface area contributed by atoms with Gasteiger partial charge in [0.1, 0.15) is 0 Å². The highest BCUT2D eigenvalue weighted by Gasteiger charge is 2.27. The van der Waals surface area contributed by atoms with E-state index in [0.717, 1.165) is 6.07 Å². The summed E-state index contributed by atoms with van der Waals surface area (Å²) < 4.78 is 31.9. The van der Waals surface area contributed by atoms with Gasteiger partial charge >= 0.3 is 0 Å². The Kier molecular flexibility index (Phi) is 4.87. The number of hydrogen-bond acceptors (Lipinski definition) is 2. The standard InChI is InChI=1S/C13H14BrF2NO2/c14-7-10-8-19-5-4-17(10)12(18)6-9-2-1-3-11(15)13(9)16/h1-3,10H,4-8H2. The van der Waals surface area contributed by atoms with Crippen molar-refractivity contribution in [2.45, 2.75) is 12.5 Å². The van der Waals surface area contributed by atoms with Gasteiger partial charge in [-0.3, -0.25) is 4.79 Å². The van der Waals surface area contributed by atoms with Gasteiger partial charge in [0, 0.05) is 17.4 Å². The van der Waals surface area contributed by atoms with Crippen molar-refractivity contribution in [3.63, 3.8) is 0 Å². The summed E-state index contributed by atoms with van der Waals surface area (Å²) in [7, 11) is 0. The highest BCUT2D eigenvalue weighted by Crippen LogP contribution is 2.16. The van der Waals surface area contributed by atoms with Crippen LogP contribution in [0.15, 0.2) is 18.2 Å². The number of carbonyl (C=O) groups is 1. The van der Waals surface area contributed by atoms with Gasteiger partial charge in [-0.2, -0.15) is 0 Å². The third-order valence-corrected chi connectivity index (χ3v) is 3.85. The second-order valence-electron chi connectivity index (χ2n) is 4.36. The molecule has 1 saturated heterocycles. The molecule has 1 aliphatic heterocycles. The zero-order valence-corrected chi connectivity index (χ0v) is 11.8. The molecule has 1 amide bonds. The van der Waals surface area contributed by atoms with Crippen molar-refractivity contribution >= 4 is 21.8 Å². The van der Waals surface area contributed by atoms with E-state index in [-0.39, 0.29) is 23.9 Å². The molecular weight excluding hydrogens is 320 g/mol. The Morgan fingerprint density at radius 1 is 1.47 bits per heavy atom. The fraction of sp³-hybridized carbons (Fsp3) is 0.462. The molecule has 1 aliphatic rings. The van der Waals surface area contributed by atoms with Crippen LogP contribution in [0.25, 0.3) is 0 Å². The molecule has 0 aliphatic carbocycles. The summed E-state index contributed by atoms with van der Waals surface area (Å²) in [6, 6.07) is 3.82. The molecule has 0 aromatic heterocycles. The first kappa shape index (κ1) is 14.4. The average molecular weight is 334 g/mol. The van der Waals surface area contributed by atoms with E-state index in [9.17, 15) is 13.6 Å². The van der Waals surface area contributed by atoms with Gasteiger partial charge < -0.3 is 9.64 Å². The molecule has 0 saturated carbocycles. The number of carbonyl (C=O) groups excluding carboxylic acids is 1. The molecule has 104 valence electrons. The fourth-order valence-electron chi connectivity index (χ4n) is 2.06. The van der Waals surface area contributed by atoms with Crippen molar-refractivity contribution in [2.75, 3.05) is 25.1 Å². The van der Waals surface area contributed by atoms with Gasteiger partial charge in [0.05, 0.1) is 25.7 Å². The third kappa shape index (κ3) is 3.30. The lowest BCUT2D eigenvalue weighted by atomic mass is 10.1. The van der Waals surface area contributed by atoms with E-state index in [0.29, 0.717) is 25.1 Å². The van der Waals surface area contributed by atoms with E-state index in [4.69, 9.17) is 4.74 Å². The van der Waals surface area contributed by atoms with E-state index in [1.165, 1.54) is 12.1 Å². The van der Waals surface area contributed by atoms with Crippen LogP contribution >= 0.6 is 15.9 Å². The molecule has 0 N–H and O–H groups in total. The van der Waals surface area contributed by atoms with Crippen LogP contribution in [0, 0.1) is 11.6 Å². The van der Waals surface area contributed by atoms with Gasteiger partial charge in [0.25, 0.3) is 0 Å². The normalized spacial score (nSPS) is 19.5. The van der Waals surface area contributed by atoms with Crippen LogP contribution in [0.4, 0.5) is 8.78 Å². The summed E-state index contributed by atoms with van der Waals surface area (Å²) in [6.45, 7) is 1.41. The van der Waals surface area contributed by atoms with E-state index in [2.05, 4.69) is 15.9 Å². The van der Waals surface area contributed by atoms with Gasteiger partial charge in [-0.15, -0.1) is 0 Å². The summed E-state index contributed by atoms with van der Waals surface area (Å²) >= 11 is 3.32. The first-order valence-electron chi connectivity index (χ1n) is 5.99. The molecule has 2 rings (SSSR count). The minimum Gasteiger partial charge on any atom is -0.377 e. The maximum Gasteiger partial charge on any atom is 0.227 e. The van der Waals surface area contributed by atoms with Crippen LogP contribution in [-0.2, 0) is 16.0 Å². The van der Waals surface area contributed by atoms with Gasteiger partial charge in [-0.1, -0.05) is 28.1 Å². The zero-order chi connectivity index (χ0) is 13.8. The Labute approximate surface area is 118 Å². The predicted molar refractivity (Wildman–Crippen MR) is 70.2 cm³/mol. The highest BCUT2D eigenvalue weighted by atomic mass is 79.9. The van der Waals surface area contributed by atoms with Crippen molar-refractivity contribution < 1.29 is 18.3 Å². The maximum absolute atomic E-state index is 13.5. The summed E-state index contributed by atoms with van der Waals surface area (Å²) in [5, 5.41) is 0.602. The predicted octanol–water partition coefficient (Wildman–Crippen LogP) is 2.13. The Morgan fingerprint density at radius 3 is 3.00 bits per heavy atom. The van der Waals surface area contributed by atoms with E-state index in [1.54, 1.807) is 4.90 Å². The van der Waals surface area contributed by atoms with Gasteiger partial charge in [0.2, 0.25) is 5.91 Å². The number of amides is 1. The van der Waals surface area contributed by atoms with E-state index >= 15 is 0 Å². The third-order valence-electron chi connectivity index (χ3n) is 3.10. The van der Waals surface area contributed by atoms with Crippen LogP contribution in [0.5, 0.6) is 0 Å². The molecule has 1 atom stereocenters. The maximum atomic E-state index is 13.5. The number of halogens is 3. The van der Waals surface area contributed by atoms with Crippen molar-refractivity contribution in [3.8, 4) is 0 Å². The minimum atomic E-state index is -0.945. The smallest absolute Gasteiger partial charge is 0.227 e. The second kappa shape index (κ2) is 6.43. The molecule has 1 aromatic carbocycles. The topological polar surface area (TPSA) is 29.5 Å². The van der Waals surface area contributed by atoms with E-state index < -0.39 is 11.6 Å². The molecule has 1 heterocycles. The van der Waals surface area contributed by atoms with Gasteiger partial charge in [-0.05, 0) is 6.07 Å². The van der Waals surface area contributed by atoms with Crippen molar-refractivity contribution in [1.29, 1.82) is 0 Å². The van der Waals surface area contributed by atoms with Crippen LogP contribution < -0.4 is 0 Å². The average Bonchev–Trinajstić information content (AvgIpc) is 2.43. The number of morpholine rings is 1. The number of ether oxygens (including phenoxy) is 1. The van der Waals surface area contributed by atoms with Gasteiger partial charge in [0.15, 0.2) is 11.6 Å². The number of hydrogen-bond donors (Lipinski definition) is 0. The summed E-state index contributed by atoms with van der Waals surface area (Å²) in [4.78, 5) is 13.8. The van der Waals surface area contributed by atoms with Crippen molar-refractivity contribution in [3.05, 3.63) is 35.4 Å². The first-order chi connectivity index (χ1) is 9.13. The molecule has 0 radical (unpaired) electrons. The Morgan fingerprint density at radius 2 is 2.26 bits per heavy atom. The molecule has 0 bridgehead atoms. The summed E-state index contributed by atoms with van der Waals surface area (Å²) in [5.74, 6) is -2.08. The number of rotatable bonds is 3. The lowest BCUT2D eigenvalue weighted by Gasteiger charge is -2.34. The molecule has 1 fully saturated rings. The molecule has 19 heavy (non-hydrogen) atoms. The molecular formula is C13H14BrF2NO2. The Hall–Kier alpha value is -1.01. The molecule has 6 heteroatoms. The van der Waals surface area contributed by atoms with Crippen LogP contribution in [0.3, 0.4) is 0 Å². The number of alkyl halides is 1. The Bertz CT molecular complexity index is 470. The van der Waals surface area contributed by atoms with E-state index in [1.807, 2.05) is 0 Å². The van der Waals surface area contributed by atoms with Gasteiger partial charge in [-0.25, -0.2) is 8.78 Å². The number of benzene rings is 1. The molecule has 1 unspecified atom stereocenters. The van der Waals surface area contributed by atoms with Crippen LogP contribution in [0.1, 0.15) is 5.56 Å². The molecule has 0 spiro atoms. The van der Waals surface area contributed by atoms with Crippen molar-refractivity contribution in [1.82, 2.24) is 4.90 Å². The fourth-order valence-corrected chi connectivity index (χ4v) is 2.60. The summed E-state index contributed by atoms with van der Waals surface area (Å²) in [6.07, 6.45) is -0.132. The van der Waals surface area contributed by atoms with Crippen molar-refractivity contribution in [2.24, 2.45) is 0 Å². The molecule has 3 nitrogen and oxygen atoms in total. The molecule has 1 aromatic rings. The Balaban J connectivity index is 2.09. The highest BCUT2D eigenvalue weighted by molar-refractivity contribution is 9.09. The minimum absolute atomic E-state index is 0.0575. The SMILES string of the molecule is O=C(Cc1cccc(F)c1F)N1CCOCC1CBr. The van der Waals surface area contributed by atoms with Crippen LogP contribution in [0.2, 0.25) is 0 Å². The first-order valence-corrected chi connectivity index (χ1v) is 7.11. The zero-order valence-electron chi connectivity index (χ0n) is 10.2. The lowest BCUT2D eigenvalue weighted by Crippen LogP contribution is -2.50. The largest absolute Gasteiger partial charge is 0.377 e. The summed E-state index contributed by atoms with van der Waals surface area (Å²) in [5.41, 5.74) is 0.0878.